The molecule has 2 heterocycles. The molecule has 3 rings (SSSR count). The molecule has 0 radical (unpaired) electrons. The van der Waals surface area contributed by atoms with E-state index in [1.165, 1.54) is 7.11 Å². The van der Waals surface area contributed by atoms with E-state index in [-0.39, 0.29) is 0 Å². The summed E-state index contributed by atoms with van der Waals surface area (Å²) in [5, 5.41) is 0. The third-order valence-corrected chi connectivity index (χ3v) is 3.62. The third-order valence-electron chi connectivity index (χ3n) is 3.62. The maximum absolute atomic E-state index is 11.4. The fraction of sp³-hybridized carbons (Fsp3) is 0.235. The lowest BCUT2D eigenvalue weighted by Gasteiger charge is -2.12. The summed E-state index contributed by atoms with van der Waals surface area (Å²) in [7, 11) is 3.29. The average Bonchev–Trinajstić information content (AvgIpc) is 2.92. The van der Waals surface area contributed by atoms with Crippen LogP contribution in [-0.2, 0) is 16.6 Å². The number of esters is 1. The molecule has 1 atom stereocenters. The standard InChI is InChI=1S/C17H17N3O3/c1-11(17(21)22-3)23-13-8-6-12(7-9-13)16-19-15-14(20(16)2)5-4-10-18-15/h4-11H,1-3H3. The molecule has 0 aliphatic carbocycles. The molecule has 3 aromatic rings. The van der Waals surface area contributed by atoms with Crippen molar-refractivity contribution in [1.29, 1.82) is 0 Å². The Hall–Kier alpha value is -2.89. The molecule has 0 aliphatic heterocycles. The number of hydrogen-bond acceptors (Lipinski definition) is 5. The van der Waals surface area contributed by atoms with Gasteiger partial charge in [0.15, 0.2) is 11.8 Å². The number of pyridine rings is 1. The summed E-state index contributed by atoms with van der Waals surface area (Å²) in [5.74, 6) is 1.02. The van der Waals surface area contributed by atoms with Crippen molar-refractivity contribution in [3.8, 4) is 17.1 Å². The highest BCUT2D eigenvalue weighted by Crippen LogP contribution is 2.24. The summed E-state index contributed by atoms with van der Waals surface area (Å²) in [6, 6.07) is 11.3. The van der Waals surface area contributed by atoms with Crippen molar-refractivity contribution in [2.45, 2.75) is 13.0 Å². The van der Waals surface area contributed by atoms with Gasteiger partial charge < -0.3 is 14.0 Å². The smallest absolute Gasteiger partial charge is 0.346 e. The van der Waals surface area contributed by atoms with Gasteiger partial charge in [-0.25, -0.2) is 14.8 Å². The van der Waals surface area contributed by atoms with Gasteiger partial charge in [-0.15, -0.1) is 0 Å². The Morgan fingerprint density at radius 3 is 2.61 bits per heavy atom. The summed E-state index contributed by atoms with van der Waals surface area (Å²) in [6.45, 7) is 1.65. The van der Waals surface area contributed by atoms with Gasteiger partial charge in [0.1, 0.15) is 11.6 Å². The maximum atomic E-state index is 11.4. The second kappa shape index (κ2) is 6.08. The number of aryl methyl sites for hydroxylation is 1. The second-order valence-electron chi connectivity index (χ2n) is 5.15. The van der Waals surface area contributed by atoms with Crippen molar-refractivity contribution in [2.24, 2.45) is 7.05 Å². The van der Waals surface area contributed by atoms with E-state index in [1.807, 2.05) is 48.0 Å². The van der Waals surface area contributed by atoms with E-state index in [0.717, 1.165) is 16.9 Å². The largest absolute Gasteiger partial charge is 0.479 e. The summed E-state index contributed by atoms with van der Waals surface area (Å²) >= 11 is 0. The number of aromatic nitrogens is 3. The number of benzene rings is 1. The van der Waals surface area contributed by atoms with Gasteiger partial charge in [0.05, 0.1) is 12.6 Å². The van der Waals surface area contributed by atoms with Crippen LogP contribution in [0.4, 0.5) is 0 Å². The van der Waals surface area contributed by atoms with E-state index in [4.69, 9.17) is 4.74 Å². The zero-order chi connectivity index (χ0) is 16.4. The summed E-state index contributed by atoms with van der Waals surface area (Å²) in [6.07, 6.45) is 1.08. The first-order chi connectivity index (χ1) is 11.1. The summed E-state index contributed by atoms with van der Waals surface area (Å²) < 4.78 is 12.2. The van der Waals surface area contributed by atoms with E-state index >= 15 is 0 Å². The number of hydrogen-bond donors (Lipinski definition) is 0. The molecule has 0 fully saturated rings. The van der Waals surface area contributed by atoms with Gasteiger partial charge in [0.2, 0.25) is 0 Å². The van der Waals surface area contributed by atoms with E-state index in [9.17, 15) is 4.79 Å². The quantitative estimate of drug-likeness (QED) is 0.693. The molecular formula is C17H17N3O3. The average molecular weight is 311 g/mol. The summed E-state index contributed by atoms with van der Waals surface area (Å²) in [4.78, 5) is 20.2. The van der Waals surface area contributed by atoms with Gasteiger partial charge in [-0.3, -0.25) is 0 Å². The lowest BCUT2D eigenvalue weighted by molar-refractivity contribution is -0.147. The number of fused-ring (bicyclic) bond motifs is 1. The molecule has 0 saturated heterocycles. The molecule has 0 bridgehead atoms. The van der Waals surface area contributed by atoms with Gasteiger partial charge >= 0.3 is 5.97 Å². The number of rotatable bonds is 4. The molecule has 23 heavy (non-hydrogen) atoms. The van der Waals surface area contributed by atoms with Crippen molar-refractivity contribution < 1.29 is 14.3 Å². The molecule has 1 unspecified atom stereocenters. The Morgan fingerprint density at radius 2 is 1.96 bits per heavy atom. The molecule has 0 aliphatic rings. The van der Waals surface area contributed by atoms with Crippen LogP contribution in [0.2, 0.25) is 0 Å². The number of nitrogens with zero attached hydrogens (tertiary/aromatic N) is 3. The molecule has 2 aromatic heterocycles. The van der Waals surface area contributed by atoms with Crippen molar-refractivity contribution >= 4 is 17.1 Å². The van der Waals surface area contributed by atoms with Crippen LogP contribution in [0.15, 0.2) is 42.6 Å². The highest BCUT2D eigenvalue weighted by molar-refractivity contribution is 5.77. The molecule has 6 heteroatoms. The van der Waals surface area contributed by atoms with Crippen molar-refractivity contribution in [3.63, 3.8) is 0 Å². The van der Waals surface area contributed by atoms with Gasteiger partial charge in [0, 0.05) is 18.8 Å². The Balaban J connectivity index is 1.86. The number of carbonyl (C=O) groups excluding carboxylic acids is 1. The zero-order valence-corrected chi connectivity index (χ0v) is 13.2. The molecule has 6 nitrogen and oxygen atoms in total. The SMILES string of the molecule is COC(=O)C(C)Oc1ccc(-c2nc3ncccc3n2C)cc1. The molecular weight excluding hydrogens is 294 g/mol. The van der Waals surface area contributed by atoms with Crippen LogP contribution in [-0.4, -0.2) is 33.7 Å². The predicted octanol–water partition coefficient (Wildman–Crippen LogP) is 2.58. The topological polar surface area (TPSA) is 66.2 Å². The van der Waals surface area contributed by atoms with E-state index in [1.54, 1.807) is 13.1 Å². The number of methoxy groups -OCH3 is 1. The van der Waals surface area contributed by atoms with Crippen LogP contribution < -0.4 is 4.74 Å². The Labute approximate surface area is 133 Å². The molecule has 1 aromatic carbocycles. The van der Waals surface area contributed by atoms with Crippen LogP contribution in [0.25, 0.3) is 22.6 Å². The first-order valence-corrected chi connectivity index (χ1v) is 7.22. The first kappa shape index (κ1) is 15.0. The van der Waals surface area contributed by atoms with E-state index in [2.05, 4.69) is 14.7 Å². The first-order valence-electron chi connectivity index (χ1n) is 7.22. The number of carbonyl (C=O) groups is 1. The van der Waals surface area contributed by atoms with E-state index in [0.29, 0.717) is 11.4 Å². The van der Waals surface area contributed by atoms with Crippen LogP contribution in [0.3, 0.4) is 0 Å². The van der Waals surface area contributed by atoms with Gasteiger partial charge in [-0.05, 0) is 43.3 Å². The normalized spacial score (nSPS) is 12.1. The van der Waals surface area contributed by atoms with Crippen LogP contribution >= 0.6 is 0 Å². The highest BCUT2D eigenvalue weighted by Gasteiger charge is 2.15. The Kier molecular flexibility index (Phi) is 3.97. The minimum atomic E-state index is -0.647. The highest BCUT2D eigenvalue weighted by atomic mass is 16.6. The number of ether oxygens (including phenoxy) is 2. The summed E-state index contributed by atoms with van der Waals surface area (Å²) in [5.41, 5.74) is 2.63. The minimum absolute atomic E-state index is 0.407. The Morgan fingerprint density at radius 1 is 1.22 bits per heavy atom. The molecule has 0 saturated carbocycles. The van der Waals surface area contributed by atoms with Crippen molar-refractivity contribution in [2.75, 3.05) is 7.11 Å². The molecule has 0 N–H and O–H groups in total. The molecule has 0 spiro atoms. The lowest BCUT2D eigenvalue weighted by atomic mass is 10.2. The van der Waals surface area contributed by atoms with Crippen LogP contribution in [0, 0.1) is 0 Å². The third kappa shape index (κ3) is 2.88. The minimum Gasteiger partial charge on any atom is -0.479 e. The Bertz CT molecular complexity index is 840. The second-order valence-corrected chi connectivity index (χ2v) is 5.15. The zero-order valence-electron chi connectivity index (χ0n) is 13.2. The van der Waals surface area contributed by atoms with Crippen LogP contribution in [0.5, 0.6) is 5.75 Å². The van der Waals surface area contributed by atoms with Crippen molar-refractivity contribution in [3.05, 3.63) is 42.6 Å². The molecule has 0 amide bonds. The van der Waals surface area contributed by atoms with Crippen LogP contribution in [0.1, 0.15) is 6.92 Å². The fourth-order valence-corrected chi connectivity index (χ4v) is 2.38. The number of imidazole rings is 1. The lowest BCUT2D eigenvalue weighted by Crippen LogP contribution is -2.24. The fourth-order valence-electron chi connectivity index (χ4n) is 2.38. The predicted molar refractivity (Wildman–Crippen MR) is 86.1 cm³/mol. The van der Waals surface area contributed by atoms with Gasteiger partial charge in [0.25, 0.3) is 0 Å². The molecule has 118 valence electrons. The maximum Gasteiger partial charge on any atom is 0.346 e. The van der Waals surface area contributed by atoms with Gasteiger partial charge in [-0.1, -0.05) is 0 Å². The monoisotopic (exact) mass is 311 g/mol. The van der Waals surface area contributed by atoms with E-state index < -0.39 is 12.1 Å². The van der Waals surface area contributed by atoms with Crippen molar-refractivity contribution in [1.82, 2.24) is 14.5 Å². The van der Waals surface area contributed by atoms with Gasteiger partial charge in [-0.2, -0.15) is 0 Å².